The van der Waals surface area contributed by atoms with Crippen molar-refractivity contribution < 1.29 is 23.4 Å². The summed E-state index contributed by atoms with van der Waals surface area (Å²) in [5, 5.41) is 4.74. The maximum absolute atomic E-state index is 13.5. The van der Waals surface area contributed by atoms with E-state index in [1.54, 1.807) is 30.8 Å². The molecule has 1 amide bonds. The van der Waals surface area contributed by atoms with Gasteiger partial charge in [-0.05, 0) is 48.5 Å². The van der Waals surface area contributed by atoms with Gasteiger partial charge in [-0.1, -0.05) is 30.3 Å². The van der Waals surface area contributed by atoms with E-state index in [0.717, 1.165) is 11.1 Å². The van der Waals surface area contributed by atoms with Crippen molar-refractivity contribution in [2.45, 2.75) is 6.54 Å². The number of aromatic nitrogens is 2. The number of hydrogen-bond acceptors (Lipinski definition) is 5. The number of methoxy groups -OCH3 is 2. The molecular weight excluding hydrogens is 461 g/mol. The molecule has 0 radical (unpaired) electrons. The molecule has 0 N–H and O–H groups in total. The minimum absolute atomic E-state index is 0.211. The van der Waals surface area contributed by atoms with E-state index in [9.17, 15) is 9.18 Å². The smallest absolute Gasteiger partial charge is 0.254 e. The minimum Gasteiger partial charge on any atom is -0.497 e. The summed E-state index contributed by atoms with van der Waals surface area (Å²) in [6.07, 6.45) is 0. The quantitative estimate of drug-likeness (QED) is 0.302. The van der Waals surface area contributed by atoms with Crippen LogP contribution in [0.2, 0.25) is 0 Å². The van der Waals surface area contributed by atoms with Gasteiger partial charge < -0.3 is 19.1 Å². The normalized spacial score (nSPS) is 10.8. The van der Waals surface area contributed by atoms with Crippen LogP contribution in [0, 0.1) is 5.82 Å². The SMILES string of the molecule is COCCN(Cc1c(-c2ccccc2)nn(C)c1Oc1ccc(OC)cc1)C(=O)c1ccc(F)cc1. The molecule has 1 heterocycles. The van der Waals surface area contributed by atoms with E-state index in [2.05, 4.69) is 0 Å². The first-order chi connectivity index (χ1) is 17.5. The molecule has 8 heteroatoms. The van der Waals surface area contributed by atoms with Crippen LogP contribution < -0.4 is 9.47 Å². The molecule has 3 aromatic carbocycles. The molecule has 0 unspecified atom stereocenters. The first-order valence-electron chi connectivity index (χ1n) is 11.5. The number of ether oxygens (including phenoxy) is 3. The predicted molar refractivity (Wildman–Crippen MR) is 135 cm³/mol. The highest BCUT2D eigenvalue weighted by Crippen LogP contribution is 2.35. The number of amides is 1. The molecule has 36 heavy (non-hydrogen) atoms. The van der Waals surface area contributed by atoms with Gasteiger partial charge in [-0.3, -0.25) is 4.79 Å². The zero-order valence-corrected chi connectivity index (χ0v) is 20.5. The summed E-state index contributed by atoms with van der Waals surface area (Å²) >= 11 is 0. The zero-order chi connectivity index (χ0) is 25.5. The van der Waals surface area contributed by atoms with E-state index in [4.69, 9.17) is 19.3 Å². The fourth-order valence-corrected chi connectivity index (χ4v) is 3.83. The third-order valence-corrected chi connectivity index (χ3v) is 5.70. The number of benzene rings is 3. The highest BCUT2D eigenvalue weighted by molar-refractivity contribution is 5.94. The van der Waals surface area contributed by atoms with Crippen molar-refractivity contribution >= 4 is 5.91 Å². The van der Waals surface area contributed by atoms with Crippen LogP contribution in [0.5, 0.6) is 17.4 Å². The van der Waals surface area contributed by atoms with Crippen LogP contribution in [0.15, 0.2) is 78.9 Å². The molecule has 0 aliphatic heterocycles. The average Bonchev–Trinajstić information content (AvgIpc) is 3.22. The molecule has 0 saturated carbocycles. The van der Waals surface area contributed by atoms with Crippen LogP contribution in [-0.2, 0) is 18.3 Å². The van der Waals surface area contributed by atoms with Gasteiger partial charge in [-0.15, -0.1) is 0 Å². The summed E-state index contributed by atoms with van der Waals surface area (Å²) in [6, 6.07) is 22.5. The van der Waals surface area contributed by atoms with Crippen molar-refractivity contribution in [3.8, 4) is 28.6 Å². The summed E-state index contributed by atoms with van der Waals surface area (Å²) in [7, 11) is 4.99. The lowest BCUT2D eigenvalue weighted by Crippen LogP contribution is -2.33. The summed E-state index contributed by atoms with van der Waals surface area (Å²) in [5.41, 5.74) is 2.73. The lowest BCUT2D eigenvalue weighted by Gasteiger charge is -2.23. The number of nitrogens with zero attached hydrogens (tertiary/aromatic N) is 3. The molecule has 0 bridgehead atoms. The van der Waals surface area contributed by atoms with Gasteiger partial charge >= 0.3 is 0 Å². The summed E-state index contributed by atoms with van der Waals surface area (Å²) in [6.45, 7) is 0.878. The topological polar surface area (TPSA) is 65.8 Å². The Labute approximate surface area is 209 Å². The molecule has 0 aliphatic carbocycles. The van der Waals surface area contributed by atoms with Crippen molar-refractivity contribution in [2.24, 2.45) is 7.05 Å². The molecular formula is C28H28FN3O4. The number of carbonyl (C=O) groups excluding carboxylic acids is 1. The molecule has 1 aromatic heterocycles. The Morgan fingerprint density at radius 2 is 1.61 bits per heavy atom. The van der Waals surface area contributed by atoms with Gasteiger partial charge in [0.1, 0.15) is 23.0 Å². The Hall–Kier alpha value is -4.17. The number of carbonyl (C=O) groups is 1. The van der Waals surface area contributed by atoms with Crippen LogP contribution in [-0.4, -0.2) is 48.0 Å². The van der Waals surface area contributed by atoms with E-state index in [0.29, 0.717) is 41.8 Å². The molecule has 186 valence electrons. The largest absolute Gasteiger partial charge is 0.497 e. The van der Waals surface area contributed by atoms with E-state index in [-0.39, 0.29) is 12.5 Å². The van der Waals surface area contributed by atoms with Gasteiger partial charge in [0.05, 0.1) is 25.8 Å². The van der Waals surface area contributed by atoms with E-state index < -0.39 is 5.82 Å². The minimum atomic E-state index is -0.399. The van der Waals surface area contributed by atoms with Crippen molar-refractivity contribution in [3.05, 3.63) is 95.8 Å². The summed E-state index contributed by atoms with van der Waals surface area (Å²) in [4.78, 5) is 15.1. The first kappa shape index (κ1) is 24.9. The second-order valence-electron chi connectivity index (χ2n) is 8.13. The van der Waals surface area contributed by atoms with Crippen LogP contribution in [0.4, 0.5) is 4.39 Å². The van der Waals surface area contributed by atoms with Crippen molar-refractivity contribution in [1.82, 2.24) is 14.7 Å². The second kappa shape index (κ2) is 11.5. The van der Waals surface area contributed by atoms with E-state index >= 15 is 0 Å². The van der Waals surface area contributed by atoms with Gasteiger partial charge in [-0.2, -0.15) is 5.10 Å². The molecule has 0 fully saturated rings. The number of halogens is 1. The van der Waals surface area contributed by atoms with Crippen molar-refractivity contribution in [3.63, 3.8) is 0 Å². The van der Waals surface area contributed by atoms with Crippen molar-refractivity contribution in [2.75, 3.05) is 27.4 Å². The Balaban J connectivity index is 1.74. The molecule has 0 aliphatic rings. The predicted octanol–water partition coefficient (Wildman–Crippen LogP) is 5.32. The molecule has 4 aromatic rings. The van der Waals surface area contributed by atoms with Gasteiger partial charge in [-0.25, -0.2) is 9.07 Å². The van der Waals surface area contributed by atoms with Crippen LogP contribution in [0.3, 0.4) is 0 Å². The van der Waals surface area contributed by atoms with Crippen LogP contribution in [0.25, 0.3) is 11.3 Å². The Bertz CT molecular complexity index is 1290. The summed E-state index contributed by atoms with van der Waals surface area (Å²) < 4.78 is 31.9. The fraction of sp³-hybridized carbons (Fsp3) is 0.214. The van der Waals surface area contributed by atoms with Crippen LogP contribution >= 0.6 is 0 Å². The third kappa shape index (κ3) is 5.72. The van der Waals surface area contributed by atoms with E-state index in [1.807, 2.05) is 54.6 Å². The molecule has 0 saturated heterocycles. The fourth-order valence-electron chi connectivity index (χ4n) is 3.83. The Kier molecular flexibility index (Phi) is 7.97. The molecule has 4 rings (SSSR count). The molecule has 7 nitrogen and oxygen atoms in total. The first-order valence-corrected chi connectivity index (χ1v) is 11.5. The Morgan fingerprint density at radius 3 is 2.25 bits per heavy atom. The van der Waals surface area contributed by atoms with Crippen LogP contribution in [0.1, 0.15) is 15.9 Å². The molecule has 0 spiro atoms. The van der Waals surface area contributed by atoms with Gasteiger partial charge in [0.25, 0.3) is 5.91 Å². The third-order valence-electron chi connectivity index (χ3n) is 5.70. The van der Waals surface area contributed by atoms with E-state index in [1.165, 1.54) is 24.3 Å². The second-order valence-corrected chi connectivity index (χ2v) is 8.13. The highest BCUT2D eigenvalue weighted by atomic mass is 19.1. The monoisotopic (exact) mass is 489 g/mol. The molecule has 0 atom stereocenters. The zero-order valence-electron chi connectivity index (χ0n) is 20.5. The maximum Gasteiger partial charge on any atom is 0.254 e. The maximum atomic E-state index is 13.5. The summed E-state index contributed by atoms with van der Waals surface area (Å²) in [5.74, 6) is 1.18. The van der Waals surface area contributed by atoms with Crippen molar-refractivity contribution in [1.29, 1.82) is 0 Å². The lowest BCUT2D eigenvalue weighted by molar-refractivity contribution is 0.0679. The standard InChI is InChI=1S/C28H28FN3O4/c1-31-28(36-24-15-13-23(35-3)14-16-24)25(26(30-31)20-7-5-4-6-8-20)19-32(17-18-34-2)27(33)21-9-11-22(29)12-10-21/h4-16H,17-19H2,1-3H3. The number of hydrogen-bond donors (Lipinski definition) is 0. The number of rotatable bonds is 10. The van der Waals surface area contributed by atoms with Gasteiger partial charge in [0.15, 0.2) is 0 Å². The highest BCUT2D eigenvalue weighted by Gasteiger charge is 2.25. The van der Waals surface area contributed by atoms with Gasteiger partial charge in [0.2, 0.25) is 5.88 Å². The Morgan fingerprint density at radius 1 is 0.944 bits per heavy atom. The van der Waals surface area contributed by atoms with Gasteiger partial charge in [0, 0.05) is 31.8 Å². The lowest BCUT2D eigenvalue weighted by atomic mass is 10.1. The number of aryl methyl sites for hydroxylation is 1. The average molecular weight is 490 g/mol.